The predicted octanol–water partition coefficient (Wildman–Crippen LogP) is 2.54. The first-order valence-electron chi connectivity index (χ1n) is 11.7. The molecule has 0 bridgehead atoms. The van der Waals surface area contributed by atoms with Crippen LogP contribution in [0.5, 0.6) is 0 Å². The van der Waals surface area contributed by atoms with Crippen LogP contribution in [-0.2, 0) is 19.1 Å². The number of ether oxygens (including phenoxy) is 1. The van der Waals surface area contributed by atoms with Crippen molar-refractivity contribution in [1.29, 1.82) is 0 Å². The van der Waals surface area contributed by atoms with E-state index in [4.69, 9.17) is 4.74 Å². The number of esters is 1. The third-order valence-corrected chi connectivity index (χ3v) is 7.32. The molecule has 3 atom stereocenters. The molecule has 2 heterocycles. The third kappa shape index (κ3) is 6.01. The summed E-state index contributed by atoms with van der Waals surface area (Å²) in [6.07, 6.45) is 3.88. The van der Waals surface area contributed by atoms with Crippen molar-refractivity contribution in [2.45, 2.75) is 50.6 Å². The number of aromatic amines is 1. The highest BCUT2D eigenvalue weighted by Crippen LogP contribution is 2.34. The van der Waals surface area contributed by atoms with E-state index in [1.807, 2.05) is 0 Å². The fraction of sp³-hybridized carbons (Fsp3) is 0.500. The van der Waals surface area contributed by atoms with E-state index in [-0.39, 0.29) is 22.5 Å². The molecule has 1 saturated carbocycles. The molecule has 0 spiro atoms. The topological polar surface area (TPSA) is 129 Å². The van der Waals surface area contributed by atoms with E-state index in [1.54, 1.807) is 12.1 Å². The molecule has 1 aliphatic heterocycles. The maximum Gasteiger partial charge on any atom is 0.328 e. The first kappa shape index (κ1) is 25.2. The summed E-state index contributed by atoms with van der Waals surface area (Å²) in [5, 5.41) is 8.86. The van der Waals surface area contributed by atoms with Gasteiger partial charge in [-0.15, -0.1) is 0 Å². The molecule has 1 aromatic heterocycles. The maximum absolute atomic E-state index is 13.9. The van der Waals surface area contributed by atoms with Crippen molar-refractivity contribution in [2.75, 3.05) is 13.7 Å². The molecule has 2 aliphatic rings. The average Bonchev–Trinajstić information content (AvgIpc) is 3.55. The van der Waals surface area contributed by atoms with Crippen LogP contribution in [0.3, 0.4) is 0 Å². The van der Waals surface area contributed by atoms with Gasteiger partial charge in [0.25, 0.3) is 5.91 Å². The Kier molecular flexibility index (Phi) is 7.73. The molecule has 188 valence electrons. The van der Waals surface area contributed by atoms with Crippen molar-refractivity contribution < 1.29 is 28.3 Å². The molecule has 1 aliphatic carbocycles. The molecule has 4 rings (SSSR count). The number of amides is 3. The number of carbonyl (C=O) groups excluding carboxylic acids is 4. The third-order valence-electron chi connectivity index (χ3n) is 6.54. The molecule has 1 unspecified atom stereocenters. The number of rotatable bonds is 9. The minimum Gasteiger partial charge on any atom is -0.467 e. The Labute approximate surface area is 210 Å². The zero-order chi connectivity index (χ0) is 25.1. The van der Waals surface area contributed by atoms with Gasteiger partial charge >= 0.3 is 5.97 Å². The summed E-state index contributed by atoms with van der Waals surface area (Å²) in [5.41, 5.74) is 0.623. The van der Waals surface area contributed by atoms with E-state index < -0.39 is 41.6 Å². The van der Waals surface area contributed by atoms with Gasteiger partial charge < -0.3 is 25.7 Å². The summed E-state index contributed by atoms with van der Waals surface area (Å²) in [5.74, 6) is -2.39. The van der Waals surface area contributed by atoms with Gasteiger partial charge in [-0.25, -0.2) is 9.18 Å². The summed E-state index contributed by atoms with van der Waals surface area (Å²) in [7, 11) is 1.22. The number of H-pyrrole nitrogens is 1. The van der Waals surface area contributed by atoms with Crippen LogP contribution < -0.4 is 16.0 Å². The zero-order valence-electron chi connectivity index (χ0n) is 19.3. The van der Waals surface area contributed by atoms with E-state index in [1.165, 1.54) is 13.2 Å². The fourth-order valence-corrected chi connectivity index (χ4v) is 4.85. The molecule has 2 fully saturated rings. The number of hydrogen-bond donors (Lipinski definition) is 4. The highest BCUT2D eigenvalue weighted by molar-refractivity contribution is 9.10. The monoisotopic (exact) mass is 550 g/mol. The number of benzene rings is 1. The van der Waals surface area contributed by atoms with Crippen LogP contribution in [0.1, 0.15) is 49.0 Å². The minimum absolute atomic E-state index is 0.121. The summed E-state index contributed by atoms with van der Waals surface area (Å²) >= 11 is 3.18. The van der Waals surface area contributed by atoms with Crippen LogP contribution in [0.25, 0.3) is 10.9 Å². The molecule has 4 N–H and O–H groups in total. The number of hydrogen-bond acceptors (Lipinski definition) is 5. The Morgan fingerprint density at radius 1 is 1.17 bits per heavy atom. The van der Waals surface area contributed by atoms with Gasteiger partial charge in [-0.1, -0.05) is 12.8 Å². The number of fused-ring (bicyclic) bond motifs is 1. The molecule has 1 saturated heterocycles. The summed E-state index contributed by atoms with van der Waals surface area (Å²) < 4.78 is 18.9. The lowest BCUT2D eigenvalue weighted by Crippen LogP contribution is -2.53. The minimum atomic E-state index is -1.01. The van der Waals surface area contributed by atoms with Gasteiger partial charge in [-0.3, -0.25) is 14.4 Å². The van der Waals surface area contributed by atoms with E-state index in [9.17, 15) is 23.6 Å². The van der Waals surface area contributed by atoms with Crippen molar-refractivity contribution in [3.8, 4) is 0 Å². The van der Waals surface area contributed by atoms with Gasteiger partial charge in [0.15, 0.2) is 0 Å². The zero-order valence-corrected chi connectivity index (χ0v) is 20.9. The number of piperidine rings is 1. The van der Waals surface area contributed by atoms with Gasteiger partial charge in [0.05, 0.1) is 17.1 Å². The number of carbonyl (C=O) groups is 4. The largest absolute Gasteiger partial charge is 0.467 e. The molecule has 35 heavy (non-hydrogen) atoms. The van der Waals surface area contributed by atoms with Crippen LogP contribution in [0, 0.1) is 17.7 Å². The standard InChI is InChI=1S/C24H28BrFN4O5/c1-35-24(34)18(11-14-3-2-8-27-21(14)31)30-22(32)16(9-12-4-5-12)29-23(33)17-10-13-6-7-15(26)19(25)20(13)28-17/h6-7,10,12,14,16,18,28H,2-5,8-9,11H2,1H3,(H,27,31)(H,29,33)(H,30,32)/t14-,16-,18?/m0/s1. The molecule has 9 nitrogen and oxygen atoms in total. The Balaban J connectivity index is 1.48. The van der Waals surface area contributed by atoms with Gasteiger partial charge in [-0.05, 0) is 65.7 Å². The van der Waals surface area contributed by atoms with Gasteiger partial charge in [0.1, 0.15) is 23.6 Å². The summed E-state index contributed by atoms with van der Waals surface area (Å²) in [6.45, 7) is 0.594. The normalized spacial score (nSPS) is 19.5. The average molecular weight is 551 g/mol. The maximum atomic E-state index is 13.9. The number of nitrogens with one attached hydrogen (secondary N) is 4. The van der Waals surface area contributed by atoms with Crippen LogP contribution >= 0.6 is 15.9 Å². The molecule has 1 aromatic carbocycles. The molecule has 3 amide bonds. The first-order valence-corrected chi connectivity index (χ1v) is 12.5. The quantitative estimate of drug-likeness (QED) is 0.356. The van der Waals surface area contributed by atoms with Crippen molar-refractivity contribution in [3.63, 3.8) is 0 Å². The molecule has 2 aromatic rings. The second kappa shape index (κ2) is 10.8. The second-order valence-electron chi connectivity index (χ2n) is 9.16. The van der Waals surface area contributed by atoms with Gasteiger partial charge in [-0.2, -0.15) is 0 Å². The van der Waals surface area contributed by atoms with Crippen molar-refractivity contribution in [1.82, 2.24) is 20.9 Å². The van der Waals surface area contributed by atoms with E-state index in [2.05, 4.69) is 36.9 Å². The van der Waals surface area contributed by atoms with Crippen molar-refractivity contribution >= 4 is 50.5 Å². The highest BCUT2D eigenvalue weighted by atomic mass is 79.9. The summed E-state index contributed by atoms with van der Waals surface area (Å²) in [6, 6.07) is 2.55. The molecular weight excluding hydrogens is 523 g/mol. The Morgan fingerprint density at radius 2 is 1.94 bits per heavy atom. The van der Waals surface area contributed by atoms with Crippen molar-refractivity contribution in [3.05, 3.63) is 34.2 Å². The predicted molar refractivity (Wildman–Crippen MR) is 129 cm³/mol. The Bertz CT molecular complexity index is 1150. The summed E-state index contributed by atoms with van der Waals surface area (Å²) in [4.78, 5) is 53.6. The number of halogens is 2. The Morgan fingerprint density at radius 3 is 2.63 bits per heavy atom. The number of methoxy groups -OCH3 is 1. The first-order chi connectivity index (χ1) is 16.8. The van der Waals surface area contributed by atoms with Crippen LogP contribution in [0.15, 0.2) is 22.7 Å². The SMILES string of the molecule is COC(=O)C(C[C@@H]1CCCNC1=O)NC(=O)[C@H](CC1CC1)NC(=O)c1cc2ccc(F)c(Br)c2[nH]1. The molecule has 0 radical (unpaired) electrons. The molecular formula is C24H28BrFN4O5. The van der Waals surface area contributed by atoms with Crippen molar-refractivity contribution in [2.24, 2.45) is 11.8 Å². The van der Waals surface area contributed by atoms with Crippen LogP contribution in [0.2, 0.25) is 0 Å². The fourth-order valence-electron chi connectivity index (χ4n) is 4.39. The lowest BCUT2D eigenvalue weighted by Gasteiger charge is -2.27. The highest BCUT2D eigenvalue weighted by Gasteiger charge is 2.35. The van der Waals surface area contributed by atoms with E-state index in [0.717, 1.165) is 19.3 Å². The van der Waals surface area contributed by atoms with E-state index >= 15 is 0 Å². The lowest BCUT2D eigenvalue weighted by atomic mass is 9.91. The van der Waals surface area contributed by atoms with Crippen LogP contribution in [-0.4, -0.2) is 54.4 Å². The number of aromatic nitrogens is 1. The van der Waals surface area contributed by atoms with Gasteiger partial charge in [0, 0.05) is 17.8 Å². The Hall–Kier alpha value is -2.95. The second-order valence-corrected chi connectivity index (χ2v) is 9.96. The van der Waals surface area contributed by atoms with Crippen LogP contribution in [0.4, 0.5) is 4.39 Å². The van der Waals surface area contributed by atoms with Gasteiger partial charge in [0.2, 0.25) is 11.8 Å². The van der Waals surface area contributed by atoms with E-state index in [0.29, 0.717) is 36.2 Å². The smallest absolute Gasteiger partial charge is 0.328 e. The lowest BCUT2D eigenvalue weighted by molar-refractivity contribution is -0.146. The molecule has 11 heteroatoms.